The van der Waals surface area contributed by atoms with Gasteiger partial charge in [0.25, 0.3) is 0 Å². The molecule has 0 heterocycles. The summed E-state index contributed by atoms with van der Waals surface area (Å²) in [6.45, 7) is 0.0368. The summed E-state index contributed by atoms with van der Waals surface area (Å²) in [6, 6.07) is 3.44. The van der Waals surface area contributed by atoms with E-state index in [0.717, 1.165) is 12.1 Å². The molecule has 1 aromatic carbocycles. The maximum Gasteiger partial charge on any atom is 0.314 e. The standard InChI is InChI=1S/C11H12FNO5/c12-8-4-3-5-9(13(16)17)11(8)18-7-2-1-6-10(14)15/h3-5H,1-2,6-7H2,(H,14,15). The summed E-state index contributed by atoms with van der Waals surface area (Å²) in [5, 5.41) is 19.0. The van der Waals surface area contributed by atoms with E-state index in [-0.39, 0.29) is 13.0 Å². The van der Waals surface area contributed by atoms with Gasteiger partial charge in [-0.3, -0.25) is 14.9 Å². The van der Waals surface area contributed by atoms with E-state index in [4.69, 9.17) is 9.84 Å². The largest absolute Gasteiger partial charge is 0.485 e. The van der Waals surface area contributed by atoms with Crippen LogP contribution >= 0.6 is 0 Å². The number of nitro groups is 1. The molecule has 7 heteroatoms. The highest BCUT2D eigenvalue weighted by atomic mass is 19.1. The van der Waals surface area contributed by atoms with Crippen molar-refractivity contribution < 1.29 is 24.0 Å². The number of carboxylic acids is 1. The van der Waals surface area contributed by atoms with Crippen LogP contribution in [0.2, 0.25) is 0 Å². The van der Waals surface area contributed by atoms with E-state index in [0.29, 0.717) is 12.8 Å². The van der Waals surface area contributed by atoms with Crippen LogP contribution in [0.5, 0.6) is 5.75 Å². The average Bonchev–Trinajstić information content (AvgIpc) is 2.29. The van der Waals surface area contributed by atoms with Crippen molar-refractivity contribution in [1.29, 1.82) is 0 Å². The van der Waals surface area contributed by atoms with Gasteiger partial charge in [0, 0.05) is 12.5 Å². The Morgan fingerprint density at radius 1 is 1.44 bits per heavy atom. The normalized spacial score (nSPS) is 10.1. The number of carbonyl (C=O) groups is 1. The Labute approximate surface area is 102 Å². The second kappa shape index (κ2) is 6.53. The first kappa shape index (κ1) is 13.9. The number of rotatable bonds is 7. The fourth-order valence-corrected chi connectivity index (χ4v) is 1.34. The first-order valence-corrected chi connectivity index (χ1v) is 5.30. The molecule has 0 saturated heterocycles. The Morgan fingerprint density at radius 2 is 2.17 bits per heavy atom. The van der Waals surface area contributed by atoms with Crippen LogP contribution in [0, 0.1) is 15.9 Å². The highest BCUT2D eigenvalue weighted by Gasteiger charge is 2.18. The van der Waals surface area contributed by atoms with Crippen LogP contribution in [-0.4, -0.2) is 22.6 Å². The molecule has 0 aliphatic heterocycles. The number of halogens is 1. The van der Waals surface area contributed by atoms with Crippen LogP contribution in [0.3, 0.4) is 0 Å². The third kappa shape index (κ3) is 4.00. The number of nitro benzene ring substituents is 1. The van der Waals surface area contributed by atoms with Gasteiger partial charge in [-0.25, -0.2) is 4.39 Å². The van der Waals surface area contributed by atoms with Gasteiger partial charge in [-0.15, -0.1) is 0 Å². The third-order valence-corrected chi connectivity index (χ3v) is 2.17. The summed E-state index contributed by atoms with van der Waals surface area (Å²) in [5.41, 5.74) is -0.437. The van der Waals surface area contributed by atoms with Crippen LogP contribution in [0.25, 0.3) is 0 Å². The molecule has 0 radical (unpaired) electrons. The number of hydrogen-bond acceptors (Lipinski definition) is 4. The molecule has 0 saturated carbocycles. The molecule has 0 aliphatic carbocycles. The number of carboxylic acid groups (broad SMARTS) is 1. The number of hydrogen-bond donors (Lipinski definition) is 1. The van der Waals surface area contributed by atoms with Crippen molar-refractivity contribution >= 4 is 11.7 Å². The first-order valence-electron chi connectivity index (χ1n) is 5.30. The van der Waals surface area contributed by atoms with Gasteiger partial charge in [0.1, 0.15) is 0 Å². The van der Waals surface area contributed by atoms with Crippen LogP contribution in [0.1, 0.15) is 19.3 Å². The summed E-state index contributed by atoms with van der Waals surface area (Å²) >= 11 is 0. The highest BCUT2D eigenvalue weighted by molar-refractivity contribution is 5.66. The summed E-state index contributed by atoms with van der Waals surface area (Å²) in [4.78, 5) is 20.1. The predicted octanol–water partition coefficient (Wildman–Crippen LogP) is 2.37. The van der Waals surface area contributed by atoms with Gasteiger partial charge in [-0.1, -0.05) is 6.07 Å². The number of benzene rings is 1. The van der Waals surface area contributed by atoms with Crippen LogP contribution in [0.15, 0.2) is 18.2 Å². The van der Waals surface area contributed by atoms with E-state index in [1.165, 1.54) is 6.07 Å². The summed E-state index contributed by atoms with van der Waals surface area (Å²) < 4.78 is 18.3. The van der Waals surface area contributed by atoms with Gasteiger partial charge in [-0.2, -0.15) is 0 Å². The molecular formula is C11H12FNO5. The number of para-hydroxylation sites is 1. The molecule has 0 amide bonds. The van der Waals surface area contributed by atoms with E-state index < -0.39 is 28.1 Å². The summed E-state index contributed by atoms with van der Waals surface area (Å²) in [6.07, 6.45) is 0.748. The van der Waals surface area contributed by atoms with Crippen LogP contribution < -0.4 is 4.74 Å². The summed E-state index contributed by atoms with van der Waals surface area (Å²) in [7, 11) is 0. The van der Waals surface area contributed by atoms with Crippen molar-refractivity contribution in [1.82, 2.24) is 0 Å². The molecule has 0 aromatic heterocycles. The highest BCUT2D eigenvalue weighted by Crippen LogP contribution is 2.29. The van der Waals surface area contributed by atoms with E-state index in [2.05, 4.69) is 0 Å². The molecule has 98 valence electrons. The molecule has 0 spiro atoms. The Bertz CT molecular complexity index is 449. The molecular weight excluding hydrogens is 245 g/mol. The molecule has 0 atom stereocenters. The minimum Gasteiger partial charge on any atom is -0.485 e. The lowest BCUT2D eigenvalue weighted by Crippen LogP contribution is -2.03. The molecule has 0 unspecified atom stereocenters. The molecule has 1 rings (SSSR count). The molecule has 0 bridgehead atoms. The monoisotopic (exact) mass is 257 g/mol. The van der Waals surface area contributed by atoms with Gasteiger partial charge < -0.3 is 9.84 Å². The number of ether oxygens (including phenoxy) is 1. The third-order valence-electron chi connectivity index (χ3n) is 2.17. The molecule has 0 fully saturated rings. The van der Waals surface area contributed by atoms with Gasteiger partial charge in [0.15, 0.2) is 5.82 Å². The van der Waals surface area contributed by atoms with E-state index in [9.17, 15) is 19.3 Å². The van der Waals surface area contributed by atoms with Gasteiger partial charge >= 0.3 is 11.7 Å². The van der Waals surface area contributed by atoms with Gasteiger partial charge in [-0.05, 0) is 18.9 Å². The lowest BCUT2D eigenvalue weighted by molar-refractivity contribution is -0.386. The Balaban J connectivity index is 2.56. The predicted molar refractivity (Wildman–Crippen MR) is 60.0 cm³/mol. The van der Waals surface area contributed by atoms with Gasteiger partial charge in [0.2, 0.25) is 5.75 Å². The zero-order valence-electron chi connectivity index (χ0n) is 9.47. The van der Waals surface area contributed by atoms with E-state index in [1.807, 2.05) is 0 Å². The lowest BCUT2D eigenvalue weighted by atomic mass is 10.2. The van der Waals surface area contributed by atoms with Crippen molar-refractivity contribution in [2.24, 2.45) is 0 Å². The number of aliphatic carboxylic acids is 1. The Morgan fingerprint density at radius 3 is 2.78 bits per heavy atom. The Hall–Kier alpha value is -2.18. The quantitative estimate of drug-likeness (QED) is 0.460. The van der Waals surface area contributed by atoms with Crippen molar-refractivity contribution in [2.75, 3.05) is 6.61 Å². The molecule has 1 N–H and O–H groups in total. The lowest BCUT2D eigenvalue weighted by Gasteiger charge is -2.06. The maximum atomic E-state index is 13.3. The smallest absolute Gasteiger partial charge is 0.314 e. The zero-order valence-corrected chi connectivity index (χ0v) is 9.47. The zero-order chi connectivity index (χ0) is 13.5. The van der Waals surface area contributed by atoms with Crippen molar-refractivity contribution in [3.05, 3.63) is 34.1 Å². The van der Waals surface area contributed by atoms with Crippen LogP contribution in [-0.2, 0) is 4.79 Å². The molecule has 1 aromatic rings. The van der Waals surface area contributed by atoms with Crippen molar-refractivity contribution in [3.8, 4) is 5.75 Å². The van der Waals surface area contributed by atoms with Crippen molar-refractivity contribution in [3.63, 3.8) is 0 Å². The topological polar surface area (TPSA) is 89.7 Å². The average molecular weight is 257 g/mol. The minimum absolute atomic E-state index is 0.0112. The van der Waals surface area contributed by atoms with E-state index in [1.54, 1.807) is 0 Å². The van der Waals surface area contributed by atoms with E-state index >= 15 is 0 Å². The van der Waals surface area contributed by atoms with Gasteiger partial charge in [0.05, 0.1) is 11.5 Å². The fourth-order valence-electron chi connectivity index (χ4n) is 1.34. The van der Waals surface area contributed by atoms with Crippen molar-refractivity contribution in [2.45, 2.75) is 19.3 Å². The first-order chi connectivity index (χ1) is 8.52. The SMILES string of the molecule is O=C(O)CCCCOc1c(F)cccc1[N+](=O)[O-]. The second-order valence-electron chi connectivity index (χ2n) is 3.54. The molecule has 0 aliphatic rings. The maximum absolute atomic E-state index is 13.3. The number of unbranched alkanes of at least 4 members (excludes halogenated alkanes) is 1. The minimum atomic E-state index is -0.924. The molecule has 6 nitrogen and oxygen atoms in total. The second-order valence-corrected chi connectivity index (χ2v) is 3.54. The molecule has 18 heavy (non-hydrogen) atoms. The fraction of sp³-hybridized carbons (Fsp3) is 0.364. The Kier molecular flexibility index (Phi) is 5.04. The van der Waals surface area contributed by atoms with Crippen LogP contribution in [0.4, 0.5) is 10.1 Å². The summed E-state index contributed by atoms with van der Waals surface area (Å²) in [5.74, 6) is -2.13. The number of nitrogens with zero attached hydrogens (tertiary/aromatic N) is 1.